The molecule has 0 aliphatic carbocycles. The van der Waals surface area contributed by atoms with E-state index in [1.807, 2.05) is 43.5 Å². The summed E-state index contributed by atoms with van der Waals surface area (Å²) >= 11 is 3.45. The molecule has 29 heavy (non-hydrogen) atoms. The van der Waals surface area contributed by atoms with E-state index in [-0.39, 0.29) is 23.5 Å². The first kappa shape index (κ1) is 21.8. The van der Waals surface area contributed by atoms with Crippen molar-refractivity contribution in [2.75, 3.05) is 13.1 Å². The Morgan fingerprint density at radius 2 is 2.07 bits per heavy atom. The summed E-state index contributed by atoms with van der Waals surface area (Å²) in [4.78, 5) is 32.3. The summed E-state index contributed by atoms with van der Waals surface area (Å²) in [6.07, 6.45) is 1.60. The molecule has 0 spiro atoms. The first-order valence-corrected chi connectivity index (χ1v) is 11.0. The van der Waals surface area contributed by atoms with Gasteiger partial charge in [0.1, 0.15) is 11.4 Å². The lowest BCUT2D eigenvalue weighted by Gasteiger charge is -2.34. The van der Waals surface area contributed by atoms with Crippen LogP contribution in [0.25, 0.3) is 10.9 Å². The Morgan fingerprint density at radius 3 is 2.72 bits per heavy atom. The highest BCUT2D eigenvalue weighted by atomic mass is 79.9. The summed E-state index contributed by atoms with van der Waals surface area (Å²) < 4.78 is 8.20. The largest absolute Gasteiger partial charge is 0.444 e. The summed E-state index contributed by atoms with van der Waals surface area (Å²) in [6.45, 7) is 11.6. The molecule has 7 heteroatoms. The van der Waals surface area contributed by atoms with Gasteiger partial charge in [0.05, 0.1) is 10.9 Å². The molecule has 1 aliphatic rings. The average Bonchev–Trinajstić information content (AvgIpc) is 2.63. The number of fused-ring (bicyclic) bond motifs is 1. The van der Waals surface area contributed by atoms with Crippen LogP contribution in [-0.2, 0) is 11.3 Å². The molecular weight excluding hydrogens is 434 g/mol. The normalized spacial score (nSPS) is 17.8. The molecule has 0 bridgehead atoms. The summed E-state index contributed by atoms with van der Waals surface area (Å²) in [5, 5.41) is 0.614. The highest BCUT2D eigenvalue weighted by molar-refractivity contribution is 9.10. The molecule has 1 saturated heterocycles. The van der Waals surface area contributed by atoms with Gasteiger partial charge in [0.25, 0.3) is 5.56 Å². The van der Waals surface area contributed by atoms with Crippen LogP contribution in [0.2, 0.25) is 0 Å². The average molecular weight is 464 g/mol. The van der Waals surface area contributed by atoms with E-state index in [4.69, 9.17) is 9.72 Å². The Balaban J connectivity index is 1.89. The monoisotopic (exact) mass is 463 g/mol. The smallest absolute Gasteiger partial charge is 0.410 e. The van der Waals surface area contributed by atoms with Crippen LogP contribution >= 0.6 is 15.9 Å². The van der Waals surface area contributed by atoms with E-state index in [0.29, 0.717) is 25.0 Å². The SMILES string of the molecule is CC(C)c1nc2ccc(Br)cc2c(=O)n1CC1CCCN(C(=O)OC(C)(C)C)C1. The molecule has 2 heterocycles. The van der Waals surface area contributed by atoms with Crippen molar-refractivity contribution in [1.29, 1.82) is 0 Å². The zero-order valence-electron chi connectivity index (χ0n) is 17.9. The van der Waals surface area contributed by atoms with Crippen LogP contribution in [0.3, 0.4) is 0 Å². The molecule has 2 aromatic rings. The van der Waals surface area contributed by atoms with Gasteiger partial charge in [0.2, 0.25) is 0 Å². The van der Waals surface area contributed by atoms with Crippen molar-refractivity contribution < 1.29 is 9.53 Å². The molecule has 1 aromatic carbocycles. The molecular formula is C22H30BrN3O3. The van der Waals surface area contributed by atoms with E-state index in [1.54, 1.807) is 4.90 Å². The van der Waals surface area contributed by atoms with Crippen LogP contribution in [0.15, 0.2) is 27.5 Å². The molecule has 1 fully saturated rings. The van der Waals surface area contributed by atoms with Gasteiger partial charge in [-0.2, -0.15) is 0 Å². The number of likely N-dealkylation sites (tertiary alicyclic amines) is 1. The number of carbonyl (C=O) groups is 1. The van der Waals surface area contributed by atoms with E-state index in [2.05, 4.69) is 29.8 Å². The molecule has 1 amide bonds. The lowest BCUT2D eigenvalue weighted by molar-refractivity contribution is 0.0156. The van der Waals surface area contributed by atoms with Crippen LogP contribution in [0, 0.1) is 5.92 Å². The molecule has 3 rings (SSSR count). The number of rotatable bonds is 3. The van der Waals surface area contributed by atoms with Crippen molar-refractivity contribution in [2.45, 2.75) is 65.5 Å². The quantitative estimate of drug-likeness (QED) is 0.646. The fourth-order valence-corrected chi connectivity index (χ4v) is 4.15. The molecule has 0 saturated carbocycles. The van der Waals surface area contributed by atoms with Crippen molar-refractivity contribution in [3.05, 3.63) is 38.9 Å². The van der Waals surface area contributed by atoms with E-state index < -0.39 is 5.60 Å². The van der Waals surface area contributed by atoms with E-state index in [0.717, 1.165) is 28.7 Å². The lowest BCUT2D eigenvalue weighted by Crippen LogP contribution is -2.44. The van der Waals surface area contributed by atoms with Crippen molar-refractivity contribution in [3.8, 4) is 0 Å². The molecule has 1 aromatic heterocycles. The number of amides is 1. The number of nitrogens with zero attached hydrogens (tertiary/aromatic N) is 3. The maximum Gasteiger partial charge on any atom is 0.410 e. The summed E-state index contributed by atoms with van der Waals surface area (Å²) in [5.41, 5.74) is 0.188. The highest BCUT2D eigenvalue weighted by Crippen LogP contribution is 2.23. The minimum absolute atomic E-state index is 0.0191. The number of aromatic nitrogens is 2. The molecule has 0 N–H and O–H groups in total. The minimum atomic E-state index is -0.512. The number of halogens is 1. The van der Waals surface area contributed by atoms with E-state index in [1.165, 1.54) is 0 Å². The zero-order chi connectivity index (χ0) is 21.3. The Kier molecular flexibility index (Phi) is 6.36. The van der Waals surface area contributed by atoms with Gasteiger partial charge in [0.15, 0.2) is 0 Å². The van der Waals surface area contributed by atoms with E-state index >= 15 is 0 Å². The van der Waals surface area contributed by atoms with Crippen LogP contribution in [-0.4, -0.2) is 39.2 Å². The van der Waals surface area contributed by atoms with Gasteiger partial charge in [-0.25, -0.2) is 9.78 Å². The fraction of sp³-hybridized carbons (Fsp3) is 0.591. The van der Waals surface area contributed by atoms with Crippen LogP contribution in [0.4, 0.5) is 4.79 Å². The second-order valence-electron chi connectivity index (χ2n) is 9.14. The molecule has 158 valence electrons. The summed E-state index contributed by atoms with van der Waals surface area (Å²) in [6, 6.07) is 5.62. The van der Waals surface area contributed by atoms with Gasteiger partial charge in [0, 0.05) is 30.0 Å². The molecule has 1 unspecified atom stereocenters. The third-order valence-corrected chi connectivity index (χ3v) is 5.57. The van der Waals surface area contributed by atoms with Crippen molar-refractivity contribution in [3.63, 3.8) is 0 Å². The number of hydrogen-bond donors (Lipinski definition) is 0. The van der Waals surface area contributed by atoms with Crippen molar-refractivity contribution in [1.82, 2.24) is 14.5 Å². The maximum absolute atomic E-state index is 13.3. The predicted octanol–water partition coefficient (Wildman–Crippen LogP) is 4.93. The third kappa shape index (κ3) is 5.18. The predicted molar refractivity (Wildman–Crippen MR) is 118 cm³/mol. The van der Waals surface area contributed by atoms with Gasteiger partial charge in [-0.15, -0.1) is 0 Å². The lowest BCUT2D eigenvalue weighted by atomic mass is 9.97. The second-order valence-corrected chi connectivity index (χ2v) is 10.1. The third-order valence-electron chi connectivity index (χ3n) is 5.07. The fourth-order valence-electron chi connectivity index (χ4n) is 3.79. The molecule has 6 nitrogen and oxygen atoms in total. The topological polar surface area (TPSA) is 64.4 Å². The summed E-state index contributed by atoms with van der Waals surface area (Å²) in [5.74, 6) is 1.11. The zero-order valence-corrected chi connectivity index (χ0v) is 19.5. The van der Waals surface area contributed by atoms with Gasteiger partial charge in [-0.3, -0.25) is 9.36 Å². The van der Waals surface area contributed by atoms with Gasteiger partial charge in [-0.1, -0.05) is 29.8 Å². The van der Waals surface area contributed by atoms with Crippen LogP contribution in [0.5, 0.6) is 0 Å². The Bertz CT molecular complexity index is 962. The standard InChI is InChI=1S/C22H30BrN3O3/c1-14(2)19-24-18-9-8-16(23)11-17(18)20(27)26(19)13-15-7-6-10-25(12-15)21(28)29-22(3,4)5/h8-9,11,14-15H,6-7,10,12-13H2,1-5H3. The van der Waals surface area contributed by atoms with Crippen LogP contribution < -0.4 is 5.56 Å². The minimum Gasteiger partial charge on any atom is -0.444 e. The second kappa shape index (κ2) is 8.46. The molecule has 0 radical (unpaired) electrons. The number of piperidine rings is 1. The van der Waals surface area contributed by atoms with Gasteiger partial charge >= 0.3 is 6.09 Å². The Labute approximate surface area is 180 Å². The number of hydrogen-bond acceptors (Lipinski definition) is 4. The highest BCUT2D eigenvalue weighted by Gasteiger charge is 2.28. The number of carbonyl (C=O) groups excluding carboxylic acids is 1. The van der Waals surface area contributed by atoms with Gasteiger partial charge in [-0.05, 0) is 57.7 Å². The van der Waals surface area contributed by atoms with Crippen molar-refractivity contribution >= 4 is 32.9 Å². The Morgan fingerprint density at radius 1 is 1.34 bits per heavy atom. The molecule has 1 aliphatic heterocycles. The van der Waals surface area contributed by atoms with Crippen LogP contribution in [0.1, 0.15) is 59.2 Å². The number of ether oxygens (including phenoxy) is 1. The van der Waals surface area contributed by atoms with Gasteiger partial charge < -0.3 is 9.64 Å². The first-order valence-electron chi connectivity index (χ1n) is 10.2. The van der Waals surface area contributed by atoms with Crippen molar-refractivity contribution in [2.24, 2.45) is 5.92 Å². The first-order chi connectivity index (χ1) is 13.5. The maximum atomic E-state index is 13.3. The molecule has 1 atom stereocenters. The number of benzene rings is 1. The summed E-state index contributed by atoms with van der Waals surface area (Å²) in [7, 11) is 0. The van der Waals surface area contributed by atoms with E-state index in [9.17, 15) is 9.59 Å². The Hall–Kier alpha value is -1.89.